The zero-order chi connectivity index (χ0) is 19.1. The number of amides is 3. The number of furan rings is 1. The number of aromatic nitrogens is 2. The van der Waals surface area contributed by atoms with Gasteiger partial charge < -0.3 is 15.1 Å². The number of hydrogen-bond acceptors (Lipinski definition) is 8. The van der Waals surface area contributed by atoms with Gasteiger partial charge >= 0.3 is 6.03 Å². The molecule has 27 heavy (non-hydrogen) atoms. The minimum absolute atomic E-state index is 0.00275. The van der Waals surface area contributed by atoms with Crippen LogP contribution >= 0.6 is 23.1 Å². The molecule has 3 aromatic rings. The maximum Gasteiger partial charge on any atom is 0.321 e. The van der Waals surface area contributed by atoms with Crippen molar-refractivity contribution in [3.05, 3.63) is 54.2 Å². The molecule has 0 saturated heterocycles. The van der Waals surface area contributed by atoms with Crippen molar-refractivity contribution < 1.29 is 18.4 Å². The van der Waals surface area contributed by atoms with Gasteiger partial charge in [-0.25, -0.2) is 9.18 Å². The average molecular weight is 407 g/mol. The molecule has 0 unspecified atom stereocenters. The van der Waals surface area contributed by atoms with Crippen molar-refractivity contribution in [1.29, 1.82) is 0 Å². The number of thioether (sulfide) groups is 1. The number of carbonyl (C=O) groups excluding carboxylic acids is 2. The van der Waals surface area contributed by atoms with Gasteiger partial charge in [0.2, 0.25) is 11.0 Å². The second-order valence-electron chi connectivity index (χ2n) is 5.11. The van der Waals surface area contributed by atoms with E-state index in [2.05, 4.69) is 26.1 Å². The highest BCUT2D eigenvalue weighted by Gasteiger charge is 2.11. The van der Waals surface area contributed by atoms with Crippen LogP contribution in [0.4, 0.5) is 20.0 Å². The van der Waals surface area contributed by atoms with Crippen LogP contribution in [0.2, 0.25) is 0 Å². The summed E-state index contributed by atoms with van der Waals surface area (Å²) < 4.78 is 18.8. The van der Waals surface area contributed by atoms with E-state index in [4.69, 9.17) is 4.42 Å². The van der Waals surface area contributed by atoms with E-state index >= 15 is 0 Å². The number of nitrogens with zero attached hydrogens (tertiary/aromatic N) is 2. The molecule has 0 aliphatic rings. The smallest absolute Gasteiger partial charge is 0.321 e. The first kappa shape index (κ1) is 18.9. The van der Waals surface area contributed by atoms with Crippen LogP contribution in [0.5, 0.6) is 0 Å². The van der Waals surface area contributed by atoms with Gasteiger partial charge in [0.15, 0.2) is 4.34 Å². The lowest BCUT2D eigenvalue weighted by atomic mass is 10.3. The van der Waals surface area contributed by atoms with Gasteiger partial charge in [0.25, 0.3) is 0 Å². The Kier molecular flexibility index (Phi) is 6.39. The minimum atomic E-state index is -0.609. The lowest BCUT2D eigenvalue weighted by Gasteiger charge is -2.04. The van der Waals surface area contributed by atoms with Crippen molar-refractivity contribution in [2.24, 2.45) is 0 Å². The molecule has 0 saturated carbocycles. The maximum atomic E-state index is 13.2. The summed E-state index contributed by atoms with van der Waals surface area (Å²) in [6.45, 7) is 0.185. The Morgan fingerprint density at radius 1 is 1.22 bits per heavy atom. The van der Waals surface area contributed by atoms with Crippen molar-refractivity contribution in [3.8, 4) is 0 Å². The summed E-state index contributed by atoms with van der Waals surface area (Å²) in [7, 11) is 0. The summed E-state index contributed by atoms with van der Waals surface area (Å²) >= 11 is 2.36. The third kappa shape index (κ3) is 6.08. The zero-order valence-corrected chi connectivity index (χ0v) is 15.4. The SMILES string of the molecule is O=C(CSc1nnc(Nc2cccc(F)c2)s1)NC(=O)NCc1ccco1. The van der Waals surface area contributed by atoms with Gasteiger partial charge in [-0.3, -0.25) is 10.1 Å². The van der Waals surface area contributed by atoms with E-state index < -0.39 is 11.9 Å². The molecule has 0 radical (unpaired) electrons. The lowest BCUT2D eigenvalue weighted by Crippen LogP contribution is -2.39. The normalized spacial score (nSPS) is 10.4. The quantitative estimate of drug-likeness (QED) is 0.516. The third-order valence-electron chi connectivity index (χ3n) is 3.07. The minimum Gasteiger partial charge on any atom is -0.467 e. The summed E-state index contributed by atoms with van der Waals surface area (Å²) in [5.74, 6) is -0.241. The van der Waals surface area contributed by atoms with E-state index in [1.54, 1.807) is 24.3 Å². The molecule has 1 aromatic carbocycles. The van der Waals surface area contributed by atoms with Gasteiger partial charge in [0.1, 0.15) is 11.6 Å². The van der Waals surface area contributed by atoms with E-state index in [1.165, 1.54) is 29.7 Å². The van der Waals surface area contributed by atoms with Gasteiger partial charge in [-0.1, -0.05) is 29.2 Å². The molecule has 0 aliphatic carbocycles. The van der Waals surface area contributed by atoms with Crippen LogP contribution < -0.4 is 16.0 Å². The zero-order valence-electron chi connectivity index (χ0n) is 13.8. The van der Waals surface area contributed by atoms with E-state index in [9.17, 15) is 14.0 Å². The second-order valence-corrected chi connectivity index (χ2v) is 7.31. The second kappa shape index (κ2) is 9.14. The molecule has 11 heteroatoms. The predicted octanol–water partition coefficient (Wildman–Crippen LogP) is 3.13. The molecule has 2 heterocycles. The monoisotopic (exact) mass is 407 g/mol. The van der Waals surface area contributed by atoms with Crippen molar-refractivity contribution in [3.63, 3.8) is 0 Å². The number of hydrogen-bond donors (Lipinski definition) is 3. The Morgan fingerprint density at radius 3 is 2.89 bits per heavy atom. The highest BCUT2D eigenvalue weighted by Crippen LogP contribution is 2.27. The molecule has 3 rings (SSSR count). The summed E-state index contributed by atoms with van der Waals surface area (Å²) in [6.07, 6.45) is 1.50. The average Bonchev–Trinajstić information content (AvgIpc) is 3.30. The van der Waals surface area contributed by atoms with Crippen molar-refractivity contribution in [2.75, 3.05) is 11.1 Å². The van der Waals surface area contributed by atoms with Crippen LogP contribution in [0.15, 0.2) is 51.4 Å². The summed E-state index contributed by atoms with van der Waals surface area (Å²) in [5.41, 5.74) is 0.550. The Labute approximate surface area is 161 Å². The summed E-state index contributed by atoms with van der Waals surface area (Å²) in [6, 6.07) is 8.77. The van der Waals surface area contributed by atoms with Gasteiger partial charge in [-0.05, 0) is 30.3 Å². The highest BCUT2D eigenvalue weighted by atomic mass is 32.2. The largest absolute Gasteiger partial charge is 0.467 e. The fourth-order valence-corrected chi connectivity index (χ4v) is 3.50. The first-order chi connectivity index (χ1) is 13.1. The van der Waals surface area contributed by atoms with Crippen molar-refractivity contribution >= 4 is 45.9 Å². The number of halogens is 1. The molecule has 0 aliphatic heterocycles. The van der Waals surface area contributed by atoms with Crippen LogP contribution in [-0.2, 0) is 11.3 Å². The molecular formula is C16H14FN5O3S2. The molecular weight excluding hydrogens is 393 g/mol. The Morgan fingerprint density at radius 2 is 2.11 bits per heavy atom. The first-order valence-corrected chi connectivity index (χ1v) is 9.47. The van der Waals surface area contributed by atoms with Crippen LogP contribution in [0.3, 0.4) is 0 Å². The Balaban J connectivity index is 1.41. The van der Waals surface area contributed by atoms with E-state index in [0.29, 0.717) is 20.9 Å². The van der Waals surface area contributed by atoms with E-state index in [-0.39, 0.29) is 18.1 Å². The van der Waals surface area contributed by atoms with E-state index in [0.717, 1.165) is 11.8 Å². The number of urea groups is 1. The molecule has 3 N–H and O–H groups in total. The van der Waals surface area contributed by atoms with Crippen LogP contribution in [0, 0.1) is 5.82 Å². The highest BCUT2D eigenvalue weighted by molar-refractivity contribution is 8.01. The fourth-order valence-electron chi connectivity index (χ4n) is 1.92. The van der Waals surface area contributed by atoms with Crippen molar-refractivity contribution in [1.82, 2.24) is 20.8 Å². The Hall–Kier alpha value is -2.92. The van der Waals surface area contributed by atoms with Crippen LogP contribution in [-0.4, -0.2) is 27.9 Å². The number of carbonyl (C=O) groups is 2. The van der Waals surface area contributed by atoms with Gasteiger partial charge in [-0.2, -0.15) is 0 Å². The predicted molar refractivity (Wildman–Crippen MR) is 99.4 cm³/mol. The first-order valence-electron chi connectivity index (χ1n) is 7.67. The molecule has 140 valence electrons. The summed E-state index contributed by atoms with van der Waals surface area (Å²) in [5, 5.41) is 16.0. The van der Waals surface area contributed by atoms with Crippen molar-refractivity contribution in [2.45, 2.75) is 10.9 Å². The van der Waals surface area contributed by atoms with Crippen LogP contribution in [0.1, 0.15) is 5.76 Å². The summed E-state index contributed by atoms with van der Waals surface area (Å²) in [4.78, 5) is 23.4. The molecule has 0 spiro atoms. The third-order valence-corrected chi connectivity index (χ3v) is 5.04. The van der Waals surface area contributed by atoms with Crippen LogP contribution in [0.25, 0.3) is 0 Å². The topological polar surface area (TPSA) is 109 Å². The van der Waals surface area contributed by atoms with E-state index in [1.807, 2.05) is 0 Å². The Bertz CT molecular complexity index is 916. The number of benzene rings is 1. The fraction of sp³-hybridized carbons (Fsp3) is 0.125. The molecule has 0 fully saturated rings. The lowest BCUT2D eigenvalue weighted by molar-refractivity contribution is -0.117. The number of nitrogens with one attached hydrogen (secondary N) is 3. The standard InChI is InChI=1S/C16H14FN5O3S2/c17-10-3-1-4-11(7-10)19-15-21-22-16(27-15)26-9-13(23)20-14(24)18-8-12-5-2-6-25-12/h1-7H,8-9H2,(H,19,21)(H2,18,20,23,24). The molecule has 8 nitrogen and oxygen atoms in total. The number of rotatable bonds is 7. The molecule has 0 bridgehead atoms. The molecule has 0 atom stereocenters. The molecule has 3 amide bonds. The van der Waals surface area contributed by atoms with Gasteiger partial charge in [-0.15, -0.1) is 10.2 Å². The van der Waals surface area contributed by atoms with Gasteiger partial charge in [0.05, 0.1) is 18.6 Å². The molecule has 2 aromatic heterocycles. The van der Waals surface area contributed by atoms with Gasteiger partial charge in [0, 0.05) is 5.69 Å². The number of anilines is 2. The maximum absolute atomic E-state index is 13.2. The number of imide groups is 1.